The van der Waals surface area contributed by atoms with Crippen LogP contribution in [-0.2, 0) is 0 Å². The van der Waals surface area contributed by atoms with Crippen molar-refractivity contribution in [3.8, 4) is 0 Å². The number of rotatable bonds is 2. The molecule has 3 N–H and O–H groups in total. The predicted octanol–water partition coefficient (Wildman–Crippen LogP) is 0.956. The molecule has 1 heterocycles. The minimum Gasteiger partial charge on any atom is -0.391 e. The lowest BCUT2D eigenvalue weighted by atomic mass is 9.92. The summed E-state index contributed by atoms with van der Waals surface area (Å²) in [6.45, 7) is 0. The van der Waals surface area contributed by atoms with Gasteiger partial charge in [-0.3, -0.25) is 14.7 Å². The first kappa shape index (κ1) is 13.8. The van der Waals surface area contributed by atoms with Crippen molar-refractivity contribution in [3.05, 3.63) is 40.2 Å². The highest BCUT2D eigenvalue weighted by atomic mass is 16.3. The first-order valence-electron chi connectivity index (χ1n) is 7.13. The molecule has 110 valence electrons. The number of fused-ring (bicyclic) bond motifs is 1. The van der Waals surface area contributed by atoms with Gasteiger partial charge in [-0.05, 0) is 25.0 Å². The number of aromatic amines is 1. The molecule has 1 aliphatic carbocycles. The van der Waals surface area contributed by atoms with E-state index >= 15 is 0 Å². The van der Waals surface area contributed by atoms with Gasteiger partial charge in [0.05, 0.1) is 17.7 Å². The van der Waals surface area contributed by atoms with Crippen LogP contribution in [0.3, 0.4) is 0 Å². The van der Waals surface area contributed by atoms with Gasteiger partial charge in [-0.2, -0.15) is 5.10 Å². The zero-order chi connectivity index (χ0) is 14.8. The van der Waals surface area contributed by atoms with Crippen LogP contribution in [0.1, 0.15) is 36.2 Å². The van der Waals surface area contributed by atoms with Crippen molar-refractivity contribution in [2.24, 2.45) is 0 Å². The maximum Gasteiger partial charge on any atom is 0.276 e. The minimum atomic E-state index is -0.553. The maximum atomic E-state index is 12.3. The van der Waals surface area contributed by atoms with Crippen LogP contribution in [0, 0.1) is 0 Å². The zero-order valence-corrected chi connectivity index (χ0v) is 11.5. The van der Waals surface area contributed by atoms with E-state index in [1.54, 1.807) is 24.3 Å². The number of benzene rings is 1. The van der Waals surface area contributed by atoms with Crippen LogP contribution in [-0.4, -0.2) is 33.4 Å². The third-order valence-corrected chi connectivity index (χ3v) is 3.94. The maximum absolute atomic E-state index is 12.3. The van der Waals surface area contributed by atoms with Crippen LogP contribution in [0.4, 0.5) is 0 Å². The van der Waals surface area contributed by atoms with E-state index in [1.165, 1.54) is 0 Å². The van der Waals surface area contributed by atoms with Gasteiger partial charge in [-0.15, -0.1) is 0 Å². The van der Waals surface area contributed by atoms with E-state index in [9.17, 15) is 14.7 Å². The van der Waals surface area contributed by atoms with Crippen molar-refractivity contribution in [2.75, 3.05) is 0 Å². The second-order valence-corrected chi connectivity index (χ2v) is 5.38. The summed E-state index contributed by atoms with van der Waals surface area (Å²) in [5, 5.41) is 19.6. The Hall–Kier alpha value is -2.21. The van der Waals surface area contributed by atoms with Gasteiger partial charge in [0, 0.05) is 5.39 Å². The molecule has 1 amide bonds. The summed E-state index contributed by atoms with van der Waals surface area (Å²) in [6.07, 6.45) is 2.76. The third kappa shape index (κ3) is 2.67. The lowest BCUT2D eigenvalue weighted by Crippen LogP contribution is -2.46. The highest BCUT2D eigenvalue weighted by Crippen LogP contribution is 2.18. The molecule has 0 spiro atoms. The second-order valence-electron chi connectivity index (χ2n) is 5.38. The lowest BCUT2D eigenvalue weighted by molar-refractivity contribution is 0.0712. The number of aromatic nitrogens is 2. The molecule has 2 atom stereocenters. The van der Waals surface area contributed by atoms with Crippen LogP contribution in [0.5, 0.6) is 0 Å². The number of carbonyl (C=O) groups is 1. The van der Waals surface area contributed by atoms with Gasteiger partial charge in [0.25, 0.3) is 5.91 Å². The SMILES string of the molecule is O=C(N[C@@H]1CCCCC1O)c1n[nH]c2ccccc2c1=O. The Kier molecular flexibility index (Phi) is 3.70. The summed E-state index contributed by atoms with van der Waals surface area (Å²) < 4.78 is 0. The van der Waals surface area contributed by atoms with Crippen molar-refractivity contribution >= 4 is 16.8 Å². The Bertz CT molecular complexity index is 725. The Labute approximate surface area is 121 Å². The summed E-state index contributed by atoms with van der Waals surface area (Å²) in [7, 11) is 0. The average Bonchev–Trinajstić information content (AvgIpc) is 2.50. The van der Waals surface area contributed by atoms with Gasteiger partial charge in [-0.1, -0.05) is 25.0 Å². The van der Waals surface area contributed by atoms with Gasteiger partial charge < -0.3 is 10.4 Å². The van der Waals surface area contributed by atoms with E-state index in [0.29, 0.717) is 17.3 Å². The molecule has 1 aromatic carbocycles. The fraction of sp³-hybridized carbons (Fsp3) is 0.400. The molecule has 2 aromatic rings. The highest BCUT2D eigenvalue weighted by Gasteiger charge is 2.26. The van der Waals surface area contributed by atoms with Gasteiger partial charge >= 0.3 is 0 Å². The summed E-state index contributed by atoms with van der Waals surface area (Å²) in [4.78, 5) is 24.5. The first-order valence-corrected chi connectivity index (χ1v) is 7.13. The molecule has 3 rings (SSSR count). The molecule has 1 unspecified atom stereocenters. The Morgan fingerprint density at radius 1 is 1.29 bits per heavy atom. The van der Waals surface area contributed by atoms with E-state index in [4.69, 9.17) is 0 Å². The Balaban J connectivity index is 1.88. The van der Waals surface area contributed by atoms with E-state index in [-0.39, 0.29) is 11.7 Å². The summed E-state index contributed by atoms with van der Waals surface area (Å²) in [5.41, 5.74) is 0.0374. The van der Waals surface area contributed by atoms with Crippen LogP contribution >= 0.6 is 0 Å². The highest BCUT2D eigenvalue weighted by molar-refractivity contribution is 5.95. The van der Waals surface area contributed by atoms with Gasteiger partial charge in [0.2, 0.25) is 5.43 Å². The van der Waals surface area contributed by atoms with E-state index in [1.807, 2.05) is 0 Å². The van der Waals surface area contributed by atoms with Crippen molar-refractivity contribution in [1.29, 1.82) is 0 Å². The molecule has 21 heavy (non-hydrogen) atoms. The summed E-state index contributed by atoms with van der Waals surface area (Å²) in [5.74, 6) is -0.534. The third-order valence-electron chi connectivity index (χ3n) is 3.94. The smallest absolute Gasteiger partial charge is 0.276 e. The molecule has 6 nitrogen and oxygen atoms in total. The molecule has 0 radical (unpaired) electrons. The number of aliphatic hydroxyl groups is 1. The van der Waals surface area contributed by atoms with E-state index in [2.05, 4.69) is 15.5 Å². The predicted molar refractivity (Wildman–Crippen MR) is 78.1 cm³/mol. The molecule has 6 heteroatoms. The summed E-state index contributed by atoms with van der Waals surface area (Å²) in [6, 6.07) is 6.61. The number of hydrogen-bond donors (Lipinski definition) is 3. The Morgan fingerprint density at radius 3 is 2.86 bits per heavy atom. The minimum absolute atomic E-state index is 0.161. The number of hydrogen-bond acceptors (Lipinski definition) is 4. The first-order chi connectivity index (χ1) is 10.2. The molecular weight excluding hydrogens is 270 g/mol. The lowest BCUT2D eigenvalue weighted by Gasteiger charge is -2.28. The van der Waals surface area contributed by atoms with Crippen LogP contribution in [0.25, 0.3) is 10.9 Å². The fourth-order valence-corrected chi connectivity index (χ4v) is 2.74. The molecule has 1 aromatic heterocycles. The van der Waals surface area contributed by atoms with Gasteiger partial charge in [0.1, 0.15) is 0 Å². The Morgan fingerprint density at radius 2 is 2.05 bits per heavy atom. The fourth-order valence-electron chi connectivity index (χ4n) is 2.74. The van der Waals surface area contributed by atoms with Gasteiger partial charge in [0.15, 0.2) is 5.69 Å². The normalized spacial score (nSPS) is 22.1. The molecule has 1 aliphatic rings. The van der Waals surface area contributed by atoms with Crippen molar-refractivity contribution < 1.29 is 9.90 Å². The standard InChI is InChI=1S/C15H17N3O3/c19-12-8-4-3-7-11(12)16-15(21)13-14(20)9-5-1-2-6-10(9)17-18-13/h1-2,5-6,11-12,19H,3-4,7-8H2,(H,16,21)(H,17,20)/t11-,12?/m1/s1. The topological polar surface area (TPSA) is 95.1 Å². The van der Waals surface area contributed by atoms with Crippen LogP contribution in [0.15, 0.2) is 29.1 Å². The van der Waals surface area contributed by atoms with Crippen LogP contribution in [0.2, 0.25) is 0 Å². The molecule has 1 fully saturated rings. The summed E-state index contributed by atoms with van der Waals surface area (Å²) >= 11 is 0. The van der Waals surface area contributed by atoms with Crippen molar-refractivity contribution in [2.45, 2.75) is 37.8 Å². The van der Waals surface area contributed by atoms with Crippen LogP contribution < -0.4 is 10.7 Å². The average molecular weight is 287 g/mol. The van der Waals surface area contributed by atoms with Crippen molar-refractivity contribution in [1.82, 2.24) is 15.5 Å². The zero-order valence-electron chi connectivity index (χ0n) is 11.5. The largest absolute Gasteiger partial charge is 0.391 e. The number of carbonyl (C=O) groups excluding carboxylic acids is 1. The van der Waals surface area contributed by atoms with Gasteiger partial charge in [-0.25, -0.2) is 0 Å². The number of aliphatic hydroxyl groups excluding tert-OH is 1. The molecular formula is C15H17N3O3. The number of para-hydroxylation sites is 1. The van der Waals surface area contributed by atoms with Crippen molar-refractivity contribution in [3.63, 3.8) is 0 Å². The number of H-pyrrole nitrogens is 1. The number of amides is 1. The second kappa shape index (κ2) is 5.65. The molecule has 0 saturated heterocycles. The number of nitrogens with zero attached hydrogens (tertiary/aromatic N) is 1. The van der Waals surface area contributed by atoms with E-state index < -0.39 is 17.4 Å². The molecule has 0 bridgehead atoms. The van der Waals surface area contributed by atoms with E-state index in [0.717, 1.165) is 19.3 Å². The number of nitrogens with one attached hydrogen (secondary N) is 2. The molecule has 0 aliphatic heterocycles. The molecule has 1 saturated carbocycles. The monoisotopic (exact) mass is 287 g/mol. The quantitative estimate of drug-likeness (QED) is 0.766.